The van der Waals surface area contributed by atoms with Gasteiger partial charge in [-0.2, -0.15) is 5.10 Å². The van der Waals surface area contributed by atoms with E-state index in [1.54, 1.807) is 12.4 Å². The Morgan fingerprint density at radius 2 is 1.97 bits per heavy atom. The van der Waals surface area contributed by atoms with Gasteiger partial charge in [0, 0.05) is 55.5 Å². The monoisotopic (exact) mass is 423 g/mol. The minimum Gasteiger partial charge on any atom is -0.337 e. The number of carbonyl (C=O) groups excluding carboxylic acids is 1. The minimum atomic E-state index is 0. The highest BCUT2D eigenvalue weighted by Gasteiger charge is 2.44. The molecule has 0 spiro atoms. The van der Waals surface area contributed by atoms with Gasteiger partial charge in [-0.1, -0.05) is 30.3 Å². The predicted octanol–water partition coefficient (Wildman–Crippen LogP) is 3.45. The van der Waals surface area contributed by atoms with Gasteiger partial charge in [0.05, 0.1) is 5.69 Å². The molecule has 6 nitrogen and oxygen atoms in total. The van der Waals surface area contributed by atoms with Crippen molar-refractivity contribution in [3.05, 3.63) is 72.2 Å². The number of pyridine rings is 1. The van der Waals surface area contributed by atoms with E-state index >= 15 is 0 Å². The molecule has 0 unspecified atom stereocenters. The predicted molar refractivity (Wildman–Crippen MR) is 119 cm³/mol. The Balaban J connectivity index is 0.00000218. The molecule has 1 aromatic carbocycles. The maximum absolute atomic E-state index is 13.2. The lowest BCUT2D eigenvalue weighted by atomic mass is 9.82. The molecule has 2 saturated heterocycles. The van der Waals surface area contributed by atoms with E-state index in [4.69, 9.17) is 0 Å². The van der Waals surface area contributed by atoms with Crippen molar-refractivity contribution >= 4 is 18.3 Å². The summed E-state index contributed by atoms with van der Waals surface area (Å²) in [4.78, 5) is 21.8. The number of aromatic amines is 1. The van der Waals surface area contributed by atoms with Gasteiger partial charge in [0.25, 0.3) is 5.91 Å². The van der Waals surface area contributed by atoms with Crippen LogP contribution >= 0.6 is 12.4 Å². The van der Waals surface area contributed by atoms with E-state index in [1.807, 2.05) is 23.1 Å². The SMILES string of the molecule is CN1C[C@H](c2ccccc2)[C@H]2CN(C(=O)c3cc(-c4cccnc4)n[nH]3)CC[C@H]21.Cl. The van der Waals surface area contributed by atoms with Crippen LogP contribution in [0.25, 0.3) is 11.3 Å². The Hall–Kier alpha value is -2.70. The first-order valence-electron chi connectivity index (χ1n) is 10.2. The van der Waals surface area contributed by atoms with Gasteiger partial charge in [-0.05, 0) is 37.2 Å². The molecule has 2 fully saturated rings. The third-order valence-corrected chi connectivity index (χ3v) is 6.47. The van der Waals surface area contributed by atoms with Gasteiger partial charge in [0.15, 0.2) is 0 Å². The van der Waals surface area contributed by atoms with Crippen LogP contribution in [0.3, 0.4) is 0 Å². The van der Waals surface area contributed by atoms with Crippen molar-refractivity contribution in [2.24, 2.45) is 5.92 Å². The van der Waals surface area contributed by atoms with E-state index in [2.05, 4.69) is 57.5 Å². The highest BCUT2D eigenvalue weighted by molar-refractivity contribution is 5.93. The maximum Gasteiger partial charge on any atom is 0.271 e. The Labute approximate surface area is 182 Å². The van der Waals surface area contributed by atoms with E-state index in [1.165, 1.54) is 5.56 Å². The van der Waals surface area contributed by atoms with Gasteiger partial charge in [0.2, 0.25) is 0 Å². The average molecular weight is 424 g/mol. The number of aromatic nitrogens is 3. The summed E-state index contributed by atoms with van der Waals surface area (Å²) in [5.41, 5.74) is 3.58. The molecule has 0 radical (unpaired) electrons. The molecule has 2 aliphatic rings. The molecule has 2 aromatic heterocycles. The second-order valence-corrected chi connectivity index (χ2v) is 8.14. The lowest BCUT2D eigenvalue weighted by Crippen LogP contribution is -2.48. The normalized spacial score (nSPS) is 23.6. The number of halogens is 1. The standard InChI is InChI=1S/C23H25N5O.ClH/c1-27-14-18(16-6-3-2-4-7-16)19-15-28(11-9-22(19)27)23(29)21-12-20(25-26-21)17-8-5-10-24-13-17;/h2-8,10,12-13,18-19,22H,9,11,14-15H2,1H3,(H,25,26);1H/t18-,19-,22-;/m1./s1. The summed E-state index contributed by atoms with van der Waals surface area (Å²) < 4.78 is 0. The van der Waals surface area contributed by atoms with E-state index in [9.17, 15) is 4.79 Å². The maximum atomic E-state index is 13.2. The smallest absolute Gasteiger partial charge is 0.271 e. The van der Waals surface area contributed by atoms with E-state index in [0.717, 1.165) is 37.3 Å². The number of fused-ring (bicyclic) bond motifs is 1. The molecule has 0 saturated carbocycles. The number of piperidine rings is 1. The zero-order chi connectivity index (χ0) is 19.8. The van der Waals surface area contributed by atoms with Gasteiger partial charge in [-0.3, -0.25) is 14.9 Å². The molecule has 4 heterocycles. The fraction of sp³-hybridized carbons (Fsp3) is 0.348. The molecule has 5 rings (SSSR count). The molecule has 30 heavy (non-hydrogen) atoms. The van der Waals surface area contributed by atoms with E-state index in [0.29, 0.717) is 23.6 Å². The third kappa shape index (κ3) is 3.73. The number of carbonyl (C=O) groups is 1. The first kappa shape index (κ1) is 20.6. The minimum absolute atomic E-state index is 0. The molecular formula is C23H26ClN5O. The van der Waals surface area contributed by atoms with E-state index < -0.39 is 0 Å². The Morgan fingerprint density at radius 1 is 1.13 bits per heavy atom. The van der Waals surface area contributed by atoms with Crippen molar-refractivity contribution < 1.29 is 4.79 Å². The van der Waals surface area contributed by atoms with Crippen molar-refractivity contribution in [1.82, 2.24) is 25.0 Å². The summed E-state index contributed by atoms with van der Waals surface area (Å²) in [5.74, 6) is 0.961. The number of nitrogens with zero attached hydrogens (tertiary/aromatic N) is 4. The van der Waals surface area contributed by atoms with Crippen molar-refractivity contribution in [3.63, 3.8) is 0 Å². The van der Waals surface area contributed by atoms with Crippen molar-refractivity contribution in [2.75, 3.05) is 26.7 Å². The van der Waals surface area contributed by atoms with Crippen LogP contribution in [0.1, 0.15) is 28.4 Å². The fourth-order valence-electron chi connectivity index (χ4n) is 4.99. The first-order valence-corrected chi connectivity index (χ1v) is 10.2. The second kappa shape index (κ2) is 8.58. The summed E-state index contributed by atoms with van der Waals surface area (Å²) in [6.45, 7) is 2.62. The highest BCUT2D eigenvalue weighted by Crippen LogP contribution is 2.40. The quantitative estimate of drug-likeness (QED) is 0.700. The lowest BCUT2D eigenvalue weighted by molar-refractivity contribution is 0.0602. The molecule has 1 amide bonds. The third-order valence-electron chi connectivity index (χ3n) is 6.47. The number of amides is 1. The average Bonchev–Trinajstić information content (AvgIpc) is 3.40. The second-order valence-electron chi connectivity index (χ2n) is 8.14. The van der Waals surface area contributed by atoms with Gasteiger partial charge in [-0.25, -0.2) is 0 Å². The molecule has 7 heteroatoms. The van der Waals surface area contributed by atoms with Crippen LogP contribution in [0.2, 0.25) is 0 Å². The molecule has 3 aromatic rings. The summed E-state index contributed by atoms with van der Waals surface area (Å²) in [6.07, 6.45) is 4.50. The topological polar surface area (TPSA) is 65.1 Å². The molecule has 0 aliphatic carbocycles. The van der Waals surface area contributed by atoms with Crippen LogP contribution in [0.4, 0.5) is 0 Å². The molecule has 2 aliphatic heterocycles. The number of nitrogens with one attached hydrogen (secondary N) is 1. The number of likely N-dealkylation sites (tertiary alicyclic amines) is 2. The number of hydrogen-bond donors (Lipinski definition) is 1. The Morgan fingerprint density at radius 3 is 2.73 bits per heavy atom. The summed E-state index contributed by atoms with van der Waals surface area (Å²) in [7, 11) is 2.22. The fourth-order valence-corrected chi connectivity index (χ4v) is 4.99. The Bertz CT molecular complexity index is 993. The summed E-state index contributed by atoms with van der Waals surface area (Å²) in [5, 5.41) is 7.26. The molecule has 1 N–H and O–H groups in total. The van der Waals surface area contributed by atoms with Crippen LogP contribution in [-0.4, -0.2) is 63.6 Å². The van der Waals surface area contributed by atoms with Gasteiger partial charge in [0.1, 0.15) is 5.69 Å². The molecule has 3 atom stereocenters. The van der Waals surface area contributed by atoms with Crippen molar-refractivity contribution in [3.8, 4) is 11.3 Å². The first-order chi connectivity index (χ1) is 14.2. The number of benzene rings is 1. The van der Waals surface area contributed by atoms with Crippen LogP contribution in [0.15, 0.2) is 60.9 Å². The zero-order valence-electron chi connectivity index (χ0n) is 16.9. The van der Waals surface area contributed by atoms with Gasteiger partial charge >= 0.3 is 0 Å². The Kier molecular flexibility index (Phi) is 5.88. The summed E-state index contributed by atoms with van der Waals surface area (Å²) >= 11 is 0. The number of likely N-dealkylation sites (N-methyl/N-ethyl adjacent to an activating group) is 1. The van der Waals surface area contributed by atoms with Crippen LogP contribution in [0, 0.1) is 5.92 Å². The lowest BCUT2D eigenvalue weighted by Gasteiger charge is -2.38. The zero-order valence-corrected chi connectivity index (χ0v) is 17.8. The number of H-pyrrole nitrogens is 1. The molecule has 156 valence electrons. The summed E-state index contributed by atoms with van der Waals surface area (Å²) in [6, 6.07) is 16.9. The number of hydrogen-bond acceptors (Lipinski definition) is 4. The van der Waals surface area contributed by atoms with Crippen molar-refractivity contribution in [2.45, 2.75) is 18.4 Å². The van der Waals surface area contributed by atoms with Gasteiger partial charge in [-0.15, -0.1) is 12.4 Å². The van der Waals surface area contributed by atoms with Crippen molar-refractivity contribution in [1.29, 1.82) is 0 Å². The largest absolute Gasteiger partial charge is 0.337 e. The number of rotatable bonds is 3. The van der Waals surface area contributed by atoms with Crippen LogP contribution < -0.4 is 0 Å². The molecule has 0 bridgehead atoms. The van der Waals surface area contributed by atoms with Gasteiger partial charge < -0.3 is 9.80 Å². The highest BCUT2D eigenvalue weighted by atomic mass is 35.5. The molecular weight excluding hydrogens is 398 g/mol. The van der Waals surface area contributed by atoms with E-state index in [-0.39, 0.29) is 18.3 Å². The van der Waals surface area contributed by atoms with Crippen LogP contribution in [-0.2, 0) is 0 Å². The van der Waals surface area contributed by atoms with Crippen LogP contribution in [0.5, 0.6) is 0 Å².